The van der Waals surface area contributed by atoms with Gasteiger partial charge in [0.05, 0.1) is 32.0 Å². The summed E-state index contributed by atoms with van der Waals surface area (Å²) < 4.78 is 20.4. The number of hydrogen-bond acceptors (Lipinski definition) is 5. The van der Waals surface area contributed by atoms with Crippen LogP contribution in [0.5, 0.6) is 0 Å². The lowest BCUT2D eigenvalue weighted by Crippen LogP contribution is -2.33. The van der Waals surface area contributed by atoms with Gasteiger partial charge < -0.3 is 23.8 Å². The second kappa shape index (κ2) is 5.56. The zero-order chi connectivity index (χ0) is 9.68. The van der Waals surface area contributed by atoms with E-state index in [9.17, 15) is 0 Å². The van der Waals surface area contributed by atoms with E-state index in [2.05, 4.69) is 0 Å². The molecule has 0 aromatic heterocycles. The van der Waals surface area contributed by atoms with Crippen molar-refractivity contribution in [2.75, 3.05) is 26.9 Å². The second-order valence-electron chi connectivity index (χ2n) is 2.96. The van der Waals surface area contributed by atoms with E-state index in [1.807, 2.05) is 6.92 Å². The number of aliphatic hydroxyl groups excluding tert-OH is 1. The number of methoxy groups -OCH3 is 1. The lowest BCUT2D eigenvalue weighted by molar-refractivity contribution is 0.0108. The van der Waals surface area contributed by atoms with Gasteiger partial charge in [0.1, 0.15) is 0 Å². The molecule has 0 spiro atoms. The number of aliphatic hydroxyl groups is 1. The molecular formula is C7H15BO5. The Kier molecular flexibility index (Phi) is 4.68. The number of ether oxygens (including phenoxy) is 1. The molecule has 0 aromatic rings. The van der Waals surface area contributed by atoms with Crippen molar-refractivity contribution in [3.8, 4) is 0 Å². The van der Waals surface area contributed by atoms with Gasteiger partial charge in [-0.1, -0.05) is 0 Å². The summed E-state index contributed by atoms with van der Waals surface area (Å²) in [6.07, 6.45) is -0.341. The maximum absolute atomic E-state index is 8.87. The topological polar surface area (TPSA) is 57.2 Å². The number of hydrogen-bond donors (Lipinski definition) is 1. The first-order valence-corrected chi connectivity index (χ1v) is 4.28. The third kappa shape index (κ3) is 3.62. The molecule has 1 heterocycles. The average Bonchev–Trinajstić information content (AvgIpc) is 2.50. The lowest BCUT2D eigenvalue weighted by atomic mass is 10.2. The highest BCUT2D eigenvalue weighted by Gasteiger charge is 2.33. The summed E-state index contributed by atoms with van der Waals surface area (Å²) in [4.78, 5) is 0. The predicted octanol–water partition coefficient (Wildman–Crippen LogP) is -0.570. The molecule has 2 unspecified atom stereocenters. The van der Waals surface area contributed by atoms with Gasteiger partial charge in [0.25, 0.3) is 0 Å². The highest BCUT2D eigenvalue weighted by Crippen LogP contribution is 2.10. The maximum Gasteiger partial charge on any atom is 0.640 e. The van der Waals surface area contributed by atoms with Crippen LogP contribution in [0.2, 0.25) is 0 Å². The minimum absolute atomic E-state index is 0.0480. The van der Waals surface area contributed by atoms with Gasteiger partial charge >= 0.3 is 7.32 Å². The Morgan fingerprint density at radius 2 is 2.46 bits per heavy atom. The Balaban J connectivity index is 2.21. The third-order valence-electron chi connectivity index (χ3n) is 1.67. The smallest absolute Gasteiger partial charge is 0.394 e. The van der Waals surface area contributed by atoms with Crippen molar-refractivity contribution >= 4 is 7.32 Å². The van der Waals surface area contributed by atoms with Crippen molar-refractivity contribution in [1.82, 2.24) is 0 Å². The fourth-order valence-electron chi connectivity index (χ4n) is 1.03. The zero-order valence-electron chi connectivity index (χ0n) is 7.93. The number of rotatable bonds is 5. The first-order chi connectivity index (χ1) is 6.26. The predicted molar refractivity (Wildman–Crippen MR) is 46.1 cm³/mol. The molecule has 5 nitrogen and oxygen atoms in total. The van der Waals surface area contributed by atoms with Crippen LogP contribution in [0.15, 0.2) is 0 Å². The SMILES string of the molecule is COCC(CO)OB1OCC(C)O1. The van der Waals surface area contributed by atoms with Gasteiger partial charge in [-0.05, 0) is 6.92 Å². The van der Waals surface area contributed by atoms with Gasteiger partial charge in [0.2, 0.25) is 0 Å². The minimum Gasteiger partial charge on any atom is -0.394 e. The van der Waals surface area contributed by atoms with E-state index in [4.69, 9.17) is 23.8 Å². The van der Waals surface area contributed by atoms with Gasteiger partial charge in [-0.2, -0.15) is 0 Å². The summed E-state index contributed by atoms with van der Waals surface area (Å²) in [5, 5.41) is 8.87. The maximum atomic E-state index is 8.87. The van der Waals surface area contributed by atoms with E-state index in [0.29, 0.717) is 13.2 Å². The molecule has 1 rings (SSSR count). The van der Waals surface area contributed by atoms with Gasteiger partial charge in [0.15, 0.2) is 0 Å². The van der Waals surface area contributed by atoms with E-state index >= 15 is 0 Å². The van der Waals surface area contributed by atoms with Crippen LogP contribution in [0.4, 0.5) is 0 Å². The molecule has 0 aromatic carbocycles. The molecule has 0 radical (unpaired) electrons. The molecule has 0 bridgehead atoms. The molecule has 0 aliphatic carbocycles. The van der Waals surface area contributed by atoms with Crippen LogP contribution in [0.25, 0.3) is 0 Å². The molecule has 0 saturated carbocycles. The molecule has 2 atom stereocenters. The Bertz CT molecular complexity index is 143. The van der Waals surface area contributed by atoms with E-state index in [1.54, 1.807) is 7.11 Å². The molecule has 1 fully saturated rings. The summed E-state index contributed by atoms with van der Waals surface area (Å²) in [6.45, 7) is 2.64. The highest BCUT2D eigenvalue weighted by molar-refractivity contribution is 6.37. The quantitative estimate of drug-likeness (QED) is 0.588. The Morgan fingerprint density at radius 1 is 1.69 bits per heavy atom. The van der Waals surface area contributed by atoms with E-state index in [0.717, 1.165) is 0 Å². The molecule has 1 aliphatic rings. The van der Waals surface area contributed by atoms with Crippen molar-refractivity contribution in [1.29, 1.82) is 0 Å². The molecular weight excluding hydrogens is 175 g/mol. The van der Waals surface area contributed by atoms with Crippen LogP contribution in [0, 0.1) is 0 Å². The summed E-state index contributed by atoms with van der Waals surface area (Å²) >= 11 is 0. The Hall–Kier alpha value is -0.135. The minimum atomic E-state index is -0.665. The van der Waals surface area contributed by atoms with Crippen LogP contribution in [0.1, 0.15) is 6.92 Å². The second-order valence-corrected chi connectivity index (χ2v) is 2.96. The van der Waals surface area contributed by atoms with E-state index in [-0.39, 0.29) is 18.8 Å². The first kappa shape index (κ1) is 10.9. The fourth-order valence-corrected chi connectivity index (χ4v) is 1.03. The van der Waals surface area contributed by atoms with Crippen LogP contribution in [-0.2, 0) is 18.7 Å². The largest absolute Gasteiger partial charge is 0.640 e. The van der Waals surface area contributed by atoms with Gasteiger partial charge in [-0.15, -0.1) is 0 Å². The van der Waals surface area contributed by atoms with Crippen LogP contribution in [0.3, 0.4) is 0 Å². The van der Waals surface area contributed by atoms with Crippen molar-refractivity contribution in [2.24, 2.45) is 0 Å². The molecule has 1 saturated heterocycles. The summed E-state index contributed by atoms with van der Waals surface area (Å²) in [5.74, 6) is 0. The first-order valence-electron chi connectivity index (χ1n) is 4.28. The van der Waals surface area contributed by atoms with Crippen molar-refractivity contribution in [3.05, 3.63) is 0 Å². The van der Waals surface area contributed by atoms with Gasteiger partial charge in [-0.3, -0.25) is 0 Å². The Morgan fingerprint density at radius 3 is 2.92 bits per heavy atom. The monoisotopic (exact) mass is 190 g/mol. The standard InChI is InChI=1S/C7H15BO5/c1-6-4-11-8(12-6)13-7(3-9)5-10-2/h6-7,9H,3-5H2,1-2H3. The van der Waals surface area contributed by atoms with Crippen molar-refractivity contribution in [2.45, 2.75) is 19.1 Å². The highest BCUT2D eigenvalue weighted by atomic mass is 16.8. The third-order valence-corrected chi connectivity index (χ3v) is 1.67. The van der Waals surface area contributed by atoms with Crippen LogP contribution in [-0.4, -0.2) is 51.6 Å². The van der Waals surface area contributed by atoms with Crippen molar-refractivity contribution < 1.29 is 23.8 Å². The molecule has 0 amide bonds. The molecule has 76 valence electrons. The Labute approximate surface area is 78.1 Å². The van der Waals surface area contributed by atoms with E-state index in [1.165, 1.54) is 0 Å². The van der Waals surface area contributed by atoms with Crippen LogP contribution >= 0.6 is 0 Å². The average molecular weight is 190 g/mol. The normalized spacial score (nSPS) is 25.2. The van der Waals surface area contributed by atoms with Gasteiger partial charge in [-0.25, -0.2) is 0 Å². The zero-order valence-corrected chi connectivity index (χ0v) is 7.93. The molecule has 1 aliphatic heterocycles. The summed E-state index contributed by atoms with van der Waals surface area (Å²) in [5.41, 5.74) is 0. The summed E-state index contributed by atoms with van der Waals surface area (Å²) in [6, 6.07) is 0. The summed E-state index contributed by atoms with van der Waals surface area (Å²) in [7, 11) is 0.882. The molecule has 13 heavy (non-hydrogen) atoms. The van der Waals surface area contributed by atoms with Crippen LogP contribution < -0.4 is 0 Å². The van der Waals surface area contributed by atoms with E-state index < -0.39 is 7.32 Å². The molecule has 1 N–H and O–H groups in total. The fraction of sp³-hybridized carbons (Fsp3) is 1.00. The molecule has 6 heteroatoms. The van der Waals surface area contributed by atoms with Crippen molar-refractivity contribution in [3.63, 3.8) is 0 Å². The lowest BCUT2D eigenvalue weighted by Gasteiger charge is -2.15. The van der Waals surface area contributed by atoms with Gasteiger partial charge in [0, 0.05) is 7.11 Å².